The summed E-state index contributed by atoms with van der Waals surface area (Å²) in [5, 5.41) is 1.09. The number of ether oxygens (including phenoxy) is 3. The lowest BCUT2D eigenvalue weighted by molar-refractivity contribution is -0.150. The molecule has 0 spiro atoms. The van der Waals surface area contributed by atoms with Gasteiger partial charge in [0.15, 0.2) is 19.9 Å². The molecule has 2 atom stereocenters. The fourth-order valence-electron chi connectivity index (χ4n) is 5.35. The SMILES string of the molecule is CC1(C)O[C@@H](CO[Si](C)(C)C(C)(C)C)[C@@H](COc2ccc3c(c2)C(C)(C)c2[nH]c4cc(I)ccc4c2C3=O)O1. The third-order valence-corrected chi connectivity index (χ3v) is 13.8. The summed E-state index contributed by atoms with van der Waals surface area (Å²) in [6.45, 7) is 20.2. The number of benzene rings is 2. The van der Waals surface area contributed by atoms with Crippen LogP contribution in [-0.2, 0) is 19.3 Å². The zero-order valence-electron chi connectivity index (χ0n) is 24.5. The van der Waals surface area contributed by atoms with Crippen molar-refractivity contribution in [3.05, 3.63) is 62.4 Å². The number of H-pyrrole nitrogens is 1. The van der Waals surface area contributed by atoms with Crippen molar-refractivity contribution in [3.8, 4) is 5.75 Å². The number of carbonyl (C=O) groups excluding carboxylic acids is 1. The smallest absolute Gasteiger partial charge is 0.195 e. The Balaban J connectivity index is 1.36. The Morgan fingerprint density at radius 3 is 2.33 bits per heavy atom. The Bertz CT molecular complexity index is 1430. The lowest BCUT2D eigenvalue weighted by Crippen LogP contribution is -2.44. The highest BCUT2D eigenvalue weighted by Gasteiger charge is 2.45. The van der Waals surface area contributed by atoms with E-state index in [2.05, 4.69) is 81.4 Å². The summed E-state index contributed by atoms with van der Waals surface area (Å²) < 4.78 is 26.3. The highest BCUT2D eigenvalue weighted by atomic mass is 127. The van der Waals surface area contributed by atoms with E-state index < -0.39 is 19.5 Å². The molecule has 5 rings (SSSR count). The Kier molecular flexibility index (Phi) is 7.15. The number of aromatic nitrogens is 1. The van der Waals surface area contributed by atoms with Crippen LogP contribution in [0.25, 0.3) is 10.9 Å². The molecular formula is C31H40INO5Si. The van der Waals surface area contributed by atoms with E-state index in [1.807, 2.05) is 44.2 Å². The maximum absolute atomic E-state index is 13.7. The molecule has 0 radical (unpaired) electrons. The van der Waals surface area contributed by atoms with Crippen molar-refractivity contribution in [3.63, 3.8) is 0 Å². The molecule has 210 valence electrons. The monoisotopic (exact) mass is 661 g/mol. The molecule has 0 saturated carbocycles. The van der Waals surface area contributed by atoms with E-state index in [0.717, 1.165) is 36.9 Å². The minimum atomic E-state index is -1.93. The van der Waals surface area contributed by atoms with Crippen molar-refractivity contribution >= 4 is 47.6 Å². The van der Waals surface area contributed by atoms with E-state index in [4.69, 9.17) is 18.6 Å². The van der Waals surface area contributed by atoms with E-state index in [1.165, 1.54) is 0 Å². The van der Waals surface area contributed by atoms with Crippen LogP contribution in [0.1, 0.15) is 75.6 Å². The maximum Gasteiger partial charge on any atom is 0.195 e. The normalized spacial score (nSPS) is 22.2. The molecule has 2 heterocycles. The van der Waals surface area contributed by atoms with Crippen molar-refractivity contribution < 1.29 is 23.4 Å². The Morgan fingerprint density at radius 1 is 1.00 bits per heavy atom. The van der Waals surface area contributed by atoms with Gasteiger partial charge in [-0.1, -0.05) is 40.7 Å². The van der Waals surface area contributed by atoms with Crippen LogP contribution in [0.5, 0.6) is 5.75 Å². The van der Waals surface area contributed by atoms with Gasteiger partial charge in [0.2, 0.25) is 0 Å². The number of hydrogen-bond donors (Lipinski definition) is 1. The first-order chi connectivity index (χ1) is 18.0. The van der Waals surface area contributed by atoms with Crippen molar-refractivity contribution in [1.29, 1.82) is 0 Å². The first kappa shape index (κ1) is 28.8. The molecule has 3 aromatic rings. The van der Waals surface area contributed by atoms with Crippen LogP contribution in [-0.4, -0.2) is 50.3 Å². The topological polar surface area (TPSA) is 69.8 Å². The molecule has 0 bridgehead atoms. The van der Waals surface area contributed by atoms with E-state index in [-0.39, 0.29) is 23.0 Å². The van der Waals surface area contributed by atoms with Crippen molar-refractivity contribution in [2.24, 2.45) is 0 Å². The summed E-state index contributed by atoms with van der Waals surface area (Å²) in [7, 11) is -1.93. The lowest BCUT2D eigenvalue weighted by atomic mass is 9.71. The molecule has 1 N–H and O–H groups in total. The molecule has 0 amide bonds. The van der Waals surface area contributed by atoms with Crippen LogP contribution in [0.2, 0.25) is 18.1 Å². The zero-order valence-corrected chi connectivity index (χ0v) is 27.6. The van der Waals surface area contributed by atoms with Crippen LogP contribution in [0.15, 0.2) is 36.4 Å². The third-order valence-electron chi connectivity index (χ3n) is 8.64. The molecule has 1 aliphatic carbocycles. The van der Waals surface area contributed by atoms with Gasteiger partial charge in [-0.05, 0) is 90.5 Å². The molecule has 8 heteroatoms. The predicted octanol–water partition coefficient (Wildman–Crippen LogP) is 7.56. The standard InChI is InChI=1S/C31H40INO5Si/c1-29(2,3)39(8,9)36-17-25-24(37-31(6,7)38-25)16-35-19-11-13-20-22(15-19)30(4,5)28-26(27(20)34)21-12-10-18(32)14-23(21)33-28/h10-15,24-25,33H,16-17H2,1-9H3/t24-,25+/m1/s1. The van der Waals surface area contributed by atoms with E-state index >= 15 is 0 Å². The van der Waals surface area contributed by atoms with Crippen LogP contribution >= 0.6 is 22.6 Å². The minimum absolute atomic E-state index is 0.0513. The molecule has 1 fully saturated rings. The van der Waals surface area contributed by atoms with Crippen LogP contribution in [0, 0.1) is 3.57 Å². The molecule has 6 nitrogen and oxygen atoms in total. The van der Waals surface area contributed by atoms with Crippen LogP contribution in [0.4, 0.5) is 0 Å². The van der Waals surface area contributed by atoms with Crippen LogP contribution in [0.3, 0.4) is 0 Å². The third kappa shape index (κ3) is 5.23. The number of hydrogen-bond acceptors (Lipinski definition) is 5. The Hall–Kier alpha value is -1.72. The average molecular weight is 662 g/mol. The number of carbonyl (C=O) groups is 1. The summed E-state index contributed by atoms with van der Waals surface area (Å²) in [6.07, 6.45) is -0.486. The number of rotatable bonds is 6. The molecule has 2 aromatic carbocycles. The van der Waals surface area contributed by atoms with E-state index in [9.17, 15) is 4.79 Å². The molecule has 1 aromatic heterocycles. The molecule has 1 aliphatic heterocycles. The summed E-state index contributed by atoms with van der Waals surface area (Å²) in [5.74, 6) is 0.0559. The van der Waals surface area contributed by atoms with Crippen molar-refractivity contribution in [2.45, 2.75) is 90.0 Å². The van der Waals surface area contributed by atoms with E-state index in [0.29, 0.717) is 19.0 Å². The van der Waals surface area contributed by atoms with Gasteiger partial charge in [-0.25, -0.2) is 0 Å². The summed E-state index contributed by atoms with van der Waals surface area (Å²) >= 11 is 2.30. The summed E-state index contributed by atoms with van der Waals surface area (Å²) in [4.78, 5) is 17.2. The second-order valence-corrected chi connectivity index (χ2v) is 19.4. The molecule has 1 saturated heterocycles. The summed E-state index contributed by atoms with van der Waals surface area (Å²) in [5.41, 5.74) is 4.01. The summed E-state index contributed by atoms with van der Waals surface area (Å²) in [6, 6.07) is 12.0. The highest BCUT2D eigenvalue weighted by Crippen LogP contribution is 2.45. The van der Waals surface area contributed by atoms with E-state index in [1.54, 1.807) is 0 Å². The van der Waals surface area contributed by atoms with Gasteiger partial charge in [0, 0.05) is 31.1 Å². The number of nitrogens with one attached hydrogen (secondary N) is 1. The number of fused-ring (bicyclic) bond motifs is 4. The lowest BCUT2D eigenvalue weighted by Gasteiger charge is -2.37. The van der Waals surface area contributed by atoms with Crippen molar-refractivity contribution in [2.75, 3.05) is 13.2 Å². The first-order valence-corrected chi connectivity index (χ1v) is 17.6. The van der Waals surface area contributed by atoms with Crippen LogP contribution < -0.4 is 4.74 Å². The fourth-order valence-corrected chi connectivity index (χ4v) is 6.85. The Labute approximate surface area is 246 Å². The number of ketones is 1. The van der Waals surface area contributed by atoms with Gasteiger partial charge in [0.1, 0.15) is 24.6 Å². The van der Waals surface area contributed by atoms with Gasteiger partial charge in [-0.3, -0.25) is 4.79 Å². The highest BCUT2D eigenvalue weighted by molar-refractivity contribution is 14.1. The zero-order chi connectivity index (χ0) is 28.5. The maximum atomic E-state index is 13.7. The van der Waals surface area contributed by atoms with Gasteiger partial charge >= 0.3 is 0 Å². The fraction of sp³-hybridized carbons (Fsp3) is 0.516. The largest absolute Gasteiger partial charge is 0.491 e. The quantitative estimate of drug-likeness (QED) is 0.218. The van der Waals surface area contributed by atoms with Crippen molar-refractivity contribution in [1.82, 2.24) is 4.98 Å². The Morgan fingerprint density at radius 2 is 1.67 bits per heavy atom. The molecule has 0 unspecified atom stereocenters. The van der Waals surface area contributed by atoms with Gasteiger partial charge in [-0.15, -0.1) is 0 Å². The minimum Gasteiger partial charge on any atom is -0.491 e. The first-order valence-electron chi connectivity index (χ1n) is 13.6. The second-order valence-electron chi connectivity index (χ2n) is 13.3. The molecular weight excluding hydrogens is 621 g/mol. The second kappa shape index (κ2) is 9.68. The predicted molar refractivity (Wildman–Crippen MR) is 165 cm³/mol. The van der Waals surface area contributed by atoms with Gasteiger partial charge < -0.3 is 23.6 Å². The van der Waals surface area contributed by atoms with Gasteiger partial charge in [0.05, 0.1) is 12.2 Å². The van der Waals surface area contributed by atoms with Gasteiger partial charge in [0.25, 0.3) is 0 Å². The average Bonchev–Trinajstić information content (AvgIpc) is 3.36. The number of halogens is 1. The van der Waals surface area contributed by atoms with Gasteiger partial charge in [-0.2, -0.15) is 0 Å². The number of aromatic amines is 1. The molecule has 2 aliphatic rings. The molecule has 39 heavy (non-hydrogen) atoms.